The maximum atomic E-state index is 12.8. The zero-order chi connectivity index (χ0) is 27.4. The lowest BCUT2D eigenvalue weighted by Crippen LogP contribution is -2.48. The molecule has 206 valence electrons. The number of carbonyl (C=O) groups excluding carboxylic acids is 2. The molecule has 1 saturated heterocycles. The van der Waals surface area contributed by atoms with Crippen molar-refractivity contribution in [1.82, 2.24) is 19.4 Å². The highest BCUT2D eigenvalue weighted by Crippen LogP contribution is 2.32. The molecule has 0 saturated carbocycles. The van der Waals surface area contributed by atoms with Crippen LogP contribution in [0.5, 0.6) is 11.5 Å². The van der Waals surface area contributed by atoms with Crippen molar-refractivity contribution in [2.75, 3.05) is 40.1 Å². The molecule has 5 rings (SSSR count). The van der Waals surface area contributed by atoms with Gasteiger partial charge >= 0.3 is 11.7 Å². The molecule has 3 heterocycles. The number of methoxy groups -OCH3 is 1. The highest BCUT2D eigenvalue weighted by atomic mass is 16.7. The summed E-state index contributed by atoms with van der Waals surface area (Å²) in [5.74, 6) is 1.16. The molecule has 0 bridgehead atoms. The van der Waals surface area contributed by atoms with Crippen molar-refractivity contribution in [3.8, 4) is 11.5 Å². The van der Waals surface area contributed by atoms with Gasteiger partial charge in [-0.2, -0.15) is 0 Å². The van der Waals surface area contributed by atoms with Crippen LogP contribution in [0.4, 0.5) is 0 Å². The number of piperazine rings is 1. The van der Waals surface area contributed by atoms with E-state index in [2.05, 4.69) is 14.6 Å². The summed E-state index contributed by atoms with van der Waals surface area (Å²) in [7, 11) is 1.27. The number of aromatic nitrogens is 2. The van der Waals surface area contributed by atoms with Gasteiger partial charge in [0, 0.05) is 45.7 Å². The normalized spacial score (nSPS) is 15.1. The van der Waals surface area contributed by atoms with Crippen molar-refractivity contribution in [3.05, 3.63) is 68.4 Å². The van der Waals surface area contributed by atoms with Gasteiger partial charge in [0.1, 0.15) is 0 Å². The van der Waals surface area contributed by atoms with Crippen LogP contribution in [0.3, 0.4) is 0 Å². The van der Waals surface area contributed by atoms with E-state index < -0.39 is 17.2 Å². The van der Waals surface area contributed by atoms with Gasteiger partial charge in [-0.05, 0) is 48.7 Å². The van der Waals surface area contributed by atoms with Crippen molar-refractivity contribution in [1.29, 1.82) is 0 Å². The van der Waals surface area contributed by atoms with E-state index in [4.69, 9.17) is 9.47 Å². The summed E-state index contributed by atoms with van der Waals surface area (Å²) in [5.41, 5.74) is 0.790. The first-order chi connectivity index (χ1) is 18.9. The summed E-state index contributed by atoms with van der Waals surface area (Å²) >= 11 is 0. The van der Waals surface area contributed by atoms with Gasteiger partial charge in [-0.15, -0.1) is 0 Å². The lowest BCUT2D eigenvalue weighted by molar-refractivity contribution is -0.133. The Kier molecular flexibility index (Phi) is 7.97. The van der Waals surface area contributed by atoms with Gasteiger partial charge in [-0.1, -0.05) is 12.5 Å². The Hall–Kier alpha value is -4.12. The highest BCUT2D eigenvalue weighted by molar-refractivity contribution is 5.93. The zero-order valence-electron chi connectivity index (χ0n) is 21.9. The second-order valence-corrected chi connectivity index (χ2v) is 9.79. The van der Waals surface area contributed by atoms with Crippen molar-refractivity contribution < 1.29 is 23.8 Å². The first-order valence-corrected chi connectivity index (χ1v) is 13.2. The largest absolute Gasteiger partial charge is 0.465 e. The standard InChI is InChI=1S/C28H32N4O7/c1-37-27(35)20-7-8-21-22(16-20)29-28(36)32(26(21)34)10-4-2-3-5-25(33)31-13-11-30(12-14-31)17-19-6-9-23-24(15-19)39-18-38-23/h6-9,15-16H,2-5,10-14,17-18H2,1H3,(H,29,36). The van der Waals surface area contributed by atoms with Crippen LogP contribution in [-0.2, 0) is 22.6 Å². The monoisotopic (exact) mass is 536 g/mol. The summed E-state index contributed by atoms with van der Waals surface area (Å²) < 4.78 is 16.7. The van der Waals surface area contributed by atoms with Gasteiger partial charge in [-0.25, -0.2) is 9.59 Å². The SMILES string of the molecule is COC(=O)c1ccc2c(=O)n(CCCCCC(=O)N3CCN(Cc4ccc5c(c4)OCO5)CC3)c(=O)[nH]c2c1. The van der Waals surface area contributed by atoms with Crippen LogP contribution >= 0.6 is 0 Å². The van der Waals surface area contributed by atoms with Crippen LogP contribution in [0.15, 0.2) is 46.0 Å². The Morgan fingerprint density at radius 1 is 0.949 bits per heavy atom. The number of hydrogen-bond acceptors (Lipinski definition) is 8. The Morgan fingerprint density at radius 2 is 1.74 bits per heavy atom. The predicted octanol–water partition coefficient (Wildman–Crippen LogP) is 2.11. The smallest absolute Gasteiger partial charge is 0.337 e. The third-order valence-corrected chi connectivity index (χ3v) is 7.24. The van der Waals surface area contributed by atoms with Crippen LogP contribution < -0.4 is 20.7 Å². The van der Waals surface area contributed by atoms with Gasteiger partial charge in [0.2, 0.25) is 12.7 Å². The lowest BCUT2D eigenvalue weighted by atomic mass is 10.1. The average Bonchev–Trinajstić information content (AvgIpc) is 3.42. The van der Waals surface area contributed by atoms with Gasteiger partial charge in [0.15, 0.2) is 11.5 Å². The van der Waals surface area contributed by atoms with E-state index in [1.165, 1.54) is 29.9 Å². The van der Waals surface area contributed by atoms with Gasteiger partial charge < -0.3 is 24.1 Å². The van der Waals surface area contributed by atoms with Crippen LogP contribution in [0, 0.1) is 0 Å². The summed E-state index contributed by atoms with van der Waals surface area (Å²) in [5, 5.41) is 0.329. The molecule has 3 aromatic rings. The molecule has 1 N–H and O–H groups in total. The molecular weight excluding hydrogens is 504 g/mol. The van der Waals surface area contributed by atoms with Gasteiger partial charge in [-0.3, -0.25) is 19.1 Å². The fourth-order valence-electron chi connectivity index (χ4n) is 5.04. The summed E-state index contributed by atoms with van der Waals surface area (Å²) in [6.07, 6.45) is 2.47. The van der Waals surface area contributed by atoms with Crippen molar-refractivity contribution in [2.24, 2.45) is 0 Å². The number of H-pyrrole nitrogens is 1. The summed E-state index contributed by atoms with van der Waals surface area (Å²) in [6.45, 7) is 4.35. The molecule has 2 aromatic carbocycles. The zero-order valence-corrected chi connectivity index (χ0v) is 21.9. The van der Waals surface area contributed by atoms with Crippen LogP contribution in [-0.4, -0.2) is 71.3 Å². The predicted molar refractivity (Wildman–Crippen MR) is 143 cm³/mol. The lowest BCUT2D eigenvalue weighted by Gasteiger charge is -2.34. The van der Waals surface area contributed by atoms with E-state index in [-0.39, 0.29) is 24.8 Å². The molecular formula is C28H32N4O7. The quantitative estimate of drug-likeness (QED) is 0.326. The molecule has 11 nitrogen and oxygen atoms in total. The fraction of sp³-hybridized carbons (Fsp3) is 0.429. The number of hydrogen-bond donors (Lipinski definition) is 1. The minimum atomic E-state index is -0.542. The summed E-state index contributed by atoms with van der Waals surface area (Å²) in [6, 6.07) is 10.5. The number of benzene rings is 2. The number of amides is 1. The minimum Gasteiger partial charge on any atom is -0.465 e. The Balaban J connectivity index is 1.05. The molecule has 2 aliphatic rings. The van der Waals surface area contributed by atoms with E-state index in [0.29, 0.717) is 43.3 Å². The van der Waals surface area contributed by atoms with E-state index in [1.807, 2.05) is 23.1 Å². The number of rotatable bonds is 9. The number of esters is 1. The highest BCUT2D eigenvalue weighted by Gasteiger charge is 2.22. The van der Waals surface area contributed by atoms with Gasteiger partial charge in [0.05, 0.1) is 23.6 Å². The molecule has 2 aliphatic heterocycles. The molecule has 0 aliphatic carbocycles. The number of unbranched alkanes of at least 4 members (excludes halogenated alkanes) is 2. The molecule has 1 aromatic heterocycles. The van der Waals surface area contributed by atoms with Crippen LogP contribution in [0.1, 0.15) is 41.6 Å². The number of ether oxygens (including phenoxy) is 3. The number of carbonyl (C=O) groups is 2. The molecule has 39 heavy (non-hydrogen) atoms. The minimum absolute atomic E-state index is 0.139. The fourth-order valence-corrected chi connectivity index (χ4v) is 5.04. The Morgan fingerprint density at radius 3 is 2.54 bits per heavy atom. The Bertz CT molecular complexity index is 1490. The van der Waals surface area contributed by atoms with Crippen LogP contribution in [0.25, 0.3) is 10.9 Å². The first kappa shape index (κ1) is 26.5. The first-order valence-electron chi connectivity index (χ1n) is 13.2. The second kappa shape index (κ2) is 11.7. The van der Waals surface area contributed by atoms with Crippen molar-refractivity contribution in [2.45, 2.75) is 38.8 Å². The van der Waals surface area contributed by atoms with E-state index in [1.54, 1.807) is 0 Å². The number of aromatic amines is 1. The maximum Gasteiger partial charge on any atom is 0.337 e. The van der Waals surface area contributed by atoms with Crippen molar-refractivity contribution >= 4 is 22.8 Å². The van der Waals surface area contributed by atoms with Crippen molar-refractivity contribution in [3.63, 3.8) is 0 Å². The summed E-state index contributed by atoms with van der Waals surface area (Å²) in [4.78, 5) is 56.7. The molecule has 11 heteroatoms. The molecule has 0 atom stereocenters. The second-order valence-electron chi connectivity index (χ2n) is 9.79. The van der Waals surface area contributed by atoms with Gasteiger partial charge in [0.25, 0.3) is 5.56 Å². The molecule has 1 amide bonds. The third-order valence-electron chi connectivity index (χ3n) is 7.24. The number of nitrogens with zero attached hydrogens (tertiary/aromatic N) is 3. The third kappa shape index (κ3) is 5.98. The maximum absolute atomic E-state index is 12.8. The average molecular weight is 537 g/mol. The number of fused-ring (bicyclic) bond motifs is 2. The molecule has 0 unspecified atom stereocenters. The molecule has 0 spiro atoms. The van der Waals surface area contributed by atoms with E-state index >= 15 is 0 Å². The Labute approximate surface area is 224 Å². The van der Waals surface area contributed by atoms with E-state index in [9.17, 15) is 19.2 Å². The molecule has 0 radical (unpaired) electrons. The number of nitrogens with one attached hydrogen (secondary N) is 1. The van der Waals surface area contributed by atoms with E-state index in [0.717, 1.165) is 43.1 Å². The topological polar surface area (TPSA) is 123 Å². The molecule has 1 fully saturated rings. The van der Waals surface area contributed by atoms with Crippen LogP contribution in [0.2, 0.25) is 0 Å².